The number of esters is 1. The van der Waals surface area contributed by atoms with E-state index in [9.17, 15) is 4.79 Å². The second kappa shape index (κ2) is 7.31. The van der Waals surface area contributed by atoms with E-state index in [-0.39, 0.29) is 11.9 Å². The van der Waals surface area contributed by atoms with Crippen LogP contribution in [0.25, 0.3) is 0 Å². The minimum absolute atomic E-state index is 0.302. The minimum Gasteiger partial charge on any atom is -0.463 e. The molecule has 1 aromatic carbocycles. The van der Waals surface area contributed by atoms with Crippen LogP contribution in [0.2, 0.25) is 5.02 Å². The van der Waals surface area contributed by atoms with Crippen molar-refractivity contribution in [3.05, 3.63) is 57.4 Å². The molecular formula is C19H22ClN3O2. The van der Waals surface area contributed by atoms with Gasteiger partial charge in [0.05, 0.1) is 12.2 Å². The standard InChI is InChI=1S/C19H22ClN3O2/c1-4-8-14-17(19(24)25-5-2)16(12-9-6-7-10-13(12)20)15-11(3)22-23-18(15)21-14/h6-7,9-10,16H,4-5,8H2,1-3H3,(H2,21,22,23). The number of carbonyl (C=O) groups excluding carboxylic acids is 1. The first-order valence-corrected chi connectivity index (χ1v) is 8.92. The molecule has 2 aromatic rings. The van der Waals surface area contributed by atoms with Crippen LogP contribution in [0.15, 0.2) is 35.5 Å². The van der Waals surface area contributed by atoms with E-state index in [1.807, 2.05) is 38.1 Å². The van der Waals surface area contributed by atoms with Crippen molar-refractivity contribution >= 4 is 23.4 Å². The fourth-order valence-electron chi connectivity index (χ4n) is 3.33. The number of aromatic amines is 1. The summed E-state index contributed by atoms with van der Waals surface area (Å²) in [5.74, 6) is 0.137. The number of aryl methyl sites for hydroxylation is 1. The number of aromatic nitrogens is 2. The molecule has 5 nitrogen and oxygen atoms in total. The first kappa shape index (κ1) is 17.5. The number of hydrogen-bond acceptors (Lipinski definition) is 4. The van der Waals surface area contributed by atoms with E-state index in [4.69, 9.17) is 16.3 Å². The predicted molar refractivity (Wildman–Crippen MR) is 98.8 cm³/mol. The topological polar surface area (TPSA) is 67.0 Å². The lowest BCUT2D eigenvalue weighted by Crippen LogP contribution is -2.25. The molecule has 0 fully saturated rings. The van der Waals surface area contributed by atoms with E-state index >= 15 is 0 Å². The number of halogens is 1. The van der Waals surface area contributed by atoms with Crippen LogP contribution in [0.3, 0.4) is 0 Å². The third-order valence-corrected chi connectivity index (χ3v) is 4.72. The van der Waals surface area contributed by atoms with Crippen molar-refractivity contribution in [3.63, 3.8) is 0 Å². The summed E-state index contributed by atoms with van der Waals surface area (Å²) < 4.78 is 5.37. The Bertz CT molecular complexity index is 826. The van der Waals surface area contributed by atoms with Gasteiger partial charge in [-0.1, -0.05) is 43.1 Å². The van der Waals surface area contributed by atoms with Crippen molar-refractivity contribution in [1.82, 2.24) is 10.2 Å². The van der Waals surface area contributed by atoms with Gasteiger partial charge in [0.15, 0.2) is 5.82 Å². The number of nitrogens with one attached hydrogen (secondary N) is 2. The van der Waals surface area contributed by atoms with Crippen LogP contribution in [-0.4, -0.2) is 22.8 Å². The van der Waals surface area contributed by atoms with Crippen LogP contribution in [0, 0.1) is 6.92 Å². The van der Waals surface area contributed by atoms with Gasteiger partial charge in [-0.2, -0.15) is 5.10 Å². The molecule has 1 aliphatic heterocycles. The van der Waals surface area contributed by atoms with Crippen molar-refractivity contribution in [2.24, 2.45) is 0 Å². The second-order valence-corrected chi connectivity index (χ2v) is 6.46. The molecule has 132 valence electrons. The largest absolute Gasteiger partial charge is 0.463 e. The maximum atomic E-state index is 12.8. The molecule has 0 amide bonds. The monoisotopic (exact) mass is 359 g/mol. The lowest BCUT2D eigenvalue weighted by molar-refractivity contribution is -0.138. The van der Waals surface area contributed by atoms with Crippen LogP contribution in [0.1, 0.15) is 49.4 Å². The third kappa shape index (κ3) is 3.16. The number of hydrogen-bond donors (Lipinski definition) is 2. The Morgan fingerprint density at radius 3 is 2.76 bits per heavy atom. The molecule has 3 rings (SSSR count). The van der Waals surface area contributed by atoms with Gasteiger partial charge < -0.3 is 10.1 Å². The van der Waals surface area contributed by atoms with Gasteiger partial charge in [0.2, 0.25) is 0 Å². The van der Waals surface area contributed by atoms with Gasteiger partial charge in [-0.3, -0.25) is 5.10 Å². The molecule has 2 N–H and O–H groups in total. The number of fused-ring (bicyclic) bond motifs is 1. The molecule has 0 saturated carbocycles. The Labute approximate surface area is 152 Å². The van der Waals surface area contributed by atoms with Crippen LogP contribution in [0.4, 0.5) is 5.82 Å². The van der Waals surface area contributed by atoms with Crippen LogP contribution < -0.4 is 5.32 Å². The molecule has 0 saturated heterocycles. The van der Waals surface area contributed by atoms with E-state index in [2.05, 4.69) is 22.4 Å². The van der Waals surface area contributed by atoms with E-state index in [1.165, 1.54) is 0 Å². The van der Waals surface area contributed by atoms with Gasteiger partial charge in [0, 0.05) is 27.9 Å². The zero-order chi connectivity index (χ0) is 18.0. The zero-order valence-corrected chi connectivity index (χ0v) is 15.4. The molecule has 25 heavy (non-hydrogen) atoms. The van der Waals surface area contributed by atoms with Crippen molar-refractivity contribution in [2.45, 2.75) is 39.5 Å². The number of anilines is 1. The van der Waals surface area contributed by atoms with Crippen LogP contribution in [0.5, 0.6) is 0 Å². The van der Waals surface area contributed by atoms with Gasteiger partial charge in [0.1, 0.15) is 0 Å². The van der Waals surface area contributed by atoms with E-state index in [0.717, 1.165) is 41.2 Å². The fourth-order valence-corrected chi connectivity index (χ4v) is 3.58. The van der Waals surface area contributed by atoms with Crippen LogP contribution >= 0.6 is 11.6 Å². The van der Waals surface area contributed by atoms with E-state index < -0.39 is 0 Å². The normalized spacial score (nSPS) is 16.4. The van der Waals surface area contributed by atoms with Crippen molar-refractivity contribution < 1.29 is 9.53 Å². The highest BCUT2D eigenvalue weighted by molar-refractivity contribution is 6.31. The van der Waals surface area contributed by atoms with Gasteiger partial charge in [-0.25, -0.2) is 4.79 Å². The van der Waals surface area contributed by atoms with Gasteiger partial charge >= 0.3 is 5.97 Å². The smallest absolute Gasteiger partial charge is 0.336 e. The number of nitrogens with zero attached hydrogens (tertiary/aromatic N) is 1. The van der Waals surface area contributed by atoms with Crippen molar-refractivity contribution in [1.29, 1.82) is 0 Å². The summed E-state index contributed by atoms with van der Waals surface area (Å²) in [4.78, 5) is 12.8. The molecule has 0 bridgehead atoms. The van der Waals surface area contributed by atoms with Crippen molar-refractivity contribution in [3.8, 4) is 0 Å². The molecule has 0 aliphatic carbocycles. The summed E-state index contributed by atoms with van der Waals surface area (Å²) in [6, 6.07) is 7.62. The lowest BCUT2D eigenvalue weighted by Gasteiger charge is -2.29. The number of ether oxygens (including phenoxy) is 1. The molecule has 1 atom stereocenters. The summed E-state index contributed by atoms with van der Waals surface area (Å²) in [5.41, 5.74) is 4.20. The van der Waals surface area contributed by atoms with Gasteiger partial charge in [-0.05, 0) is 31.9 Å². The quantitative estimate of drug-likeness (QED) is 0.769. The first-order valence-electron chi connectivity index (χ1n) is 8.54. The summed E-state index contributed by atoms with van der Waals surface area (Å²) in [7, 11) is 0. The molecule has 2 heterocycles. The number of benzene rings is 1. The molecule has 0 spiro atoms. The molecule has 1 aliphatic rings. The number of carbonyl (C=O) groups is 1. The molecule has 1 aromatic heterocycles. The molecular weight excluding hydrogens is 338 g/mol. The number of H-pyrrole nitrogens is 1. The highest BCUT2D eigenvalue weighted by Crippen LogP contribution is 2.45. The van der Waals surface area contributed by atoms with Gasteiger partial charge in [-0.15, -0.1) is 0 Å². The maximum absolute atomic E-state index is 12.8. The fraction of sp³-hybridized carbons (Fsp3) is 0.368. The highest BCUT2D eigenvalue weighted by atomic mass is 35.5. The Balaban J connectivity index is 2.25. The van der Waals surface area contributed by atoms with E-state index in [1.54, 1.807) is 0 Å². The third-order valence-electron chi connectivity index (χ3n) is 4.38. The van der Waals surface area contributed by atoms with Crippen LogP contribution in [-0.2, 0) is 9.53 Å². The molecule has 6 heteroatoms. The summed E-state index contributed by atoms with van der Waals surface area (Å²) in [6.45, 7) is 6.17. The SMILES string of the molecule is CCCC1=C(C(=O)OCC)C(c2ccccc2Cl)c2c(n[nH]c2C)N1. The van der Waals surface area contributed by atoms with Gasteiger partial charge in [0.25, 0.3) is 0 Å². The first-order chi connectivity index (χ1) is 12.1. The summed E-state index contributed by atoms with van der Waals surface area (Å²) in [6.07, 6.45) is 1.64. The second-order valence-electron chi connectivity index (χ2n) is 6.05. The minimum atomic E-state index is -0.311. The Hall–Kier alpha value is -2.27. The molecule has 1 unspecified atom stereocenters. The van der Waals surface area contributed by atoms with Crippen molar-refractivity contribution in [2.75, 3.05) is 11.9 Å². The Morgan fingerprint density at radius 1 is 1.32 bits per heavy atom. The average Bonchev–Trinajstić information content (AvgIpc) is 2.96. The summed E-state index contributed by atoms with van der Waals surface area (Å²) >= 11 is 6.49. The predicted octanol–water partition coefficient (Wildman–Crippen LogP) is 4.55. The highest BCUT2D eigenvalue weighted by Gasteiger charge is 2.37. The Morgan fingerprint density at radius 2 is 2.08 bits per heavy atom. The Kier molecular flexibility index (Phi) is 5.13. The number of allylic oxidation sites excluding steroid dienone is 1. The van der Waals surface area contributed by atoms with E-state index in [0.29, 0.717) is 17.2 Å². The summed E-state index contributed by atoms with van der Waals surface area (Å²) in [5, 5.41) is 11.3. The lowest BCUT2D eigenvalue weighted by atomic mass is 9.80. The number of rotatable bonds is 5. The zero-order valence-electron chi connectivity index (χ0n) is 14.6. The average molecular weight is 360 g/mol. The molecule has 0 radical (unpaired) electrons. The maximum Gasteiger partial charge on any atom is 0.336 e.